The van der Waals surface area contributed by atoms with E-state index in [0.29, 0.717) is 5.82 Å². The van der Waals surface area contributed by atoms with E-state index in [9.17, 15) is 9.18 Å². The number of amides is 1. The van der Waals surface area contributed by atoms with Crippen molar-refractivity contribution in [1.29, 1.82) is 0 Å². The van der Waals surface area contributed by atoms with Crippen LogP contribution in [0.5, 0.6) is 0 Å². The molecule has 24 heavy (non-hydrogen) atoms. The molecule has 0 aliphatic heterocycles. The summed E-state index contributed by atoms with van der Waals surface area (Å²) in [5, 5.41) is 14.6. The second kappa shape index (κ2) is 6.88. The fraction of sp³-hybridized carbons (Fsp3) is 0.125. The van der Waals surface area contributed by atoms with Gasteiger partial charge in [-0.1, -0.05) is 28.1 Å². The molecule has 0 saturated heterocycles. The van der Waals surface area contributed by atoms with Crippen LogP contribution in [0.1, 0.15) is 13.0 Å². The third-order valence-corrected chi connectivity index (χ3v) is 3.92. The van der Waals surface area contributed by atoms with Crippen molar-refractivity contribution in [1.82, 2.24) is 20.2 Å². The largest absolute Gasteiger partial charge is 0.322 e. The Labute approximate surface area is 145 Å². The van der Waals surface area contributed by atoms with Gasteiger partial charge >= 0.3 is 0 Å². The first kappa shape index (κ1) is 16.3. The second-order valence-corrected chi connectivity index (χ2v) is 6.00. The Hall–Kier alpha value is -2.61. The summed E-state index contributed by atoms with van der Waals surface area (Å²) in [7, 11) is 0. The van der Waals surface area contributed by atoms with Gasteiger partial charge in [-0.25, -0.2) is 4.39 Å². The standard InChI is InChI=1S/C16H13BrFN5O/c1-10(16(24)19-14-5-3-2-4-13(14)18)23-21-15(20-22-23)11-6-8-12(17)9-7-11/h2-10H,1H3,(H,19,24)/t10-/m1/s1. The summed E-state index contributed by atoms with van der Waals surface area (Å²) in [4.78, 5) is 13.4. The number of anilines is 1. The highest BCUT2D eigenvalue weighted by Crippen LogP contribution is 2.19. The topological polar surface area (TPSA) is 72.7 Å². The predicted molar refractivity (Wildman–Crippen MR) is 90.7 cm³/mol. The third-order valence-electron chi connectivity index (χ3n) is 3.39. The molecule has 0 spiro atoms. The molecule has 0 fully saturated rings. The average molecular weight is 390 g/mol. The number of benzene rings is 2. The van der Waals surface area contributed by atoms with E-state index in [0.717, 1.165) is 10.0 Å². The van der Waals surface area contributed by atoms with Crippen LogP contribution in [0, 0.1) is 5.82 Å². The van der Waals surface area contributed by atoms with Gasteiger partial charge in [0.15, 0.2) is 0 Å². The maximum atomic E-state index is 13.6. The van der Waals surface area contributed by atoms with Gasteiger partial charge in [0.25, 0.3) is 5.91 Å². The summed E-state index contributed by atoms with van der Waals surface area (Å²) < 4.78 is 14.5. The fourth-order valence-electron chi connectivity index (χ4n) is 2.01. The van der Waals surface area contributed by atoms with E-state index in [1.165, 1.54) is 16.9 Å². The normalized spacial score (nSPS) is 12.0. The zero-order chi connectivity index (χ0) is 17.1. The average Bonchev–Trinajstić information content (AvgIpc) is 3.07. The Morgan fingerprint density at radius 2 is 1.92 bits per heavy atom. The van der Waals surface area contributed by atoms with E-state index in [-0.39, 0.29) is 5.69 Å². The first-order chi connectivity index (χ1) is 11.5. The summed E-state index contributed by atoms with van der Waals surface area (Å²) >= 11 is 3.36. The molecule has 3 aromatic rings. The summed E-state index contributed by atoms with van der Waals surface area (Å²) in [5.41, 5.74) is 0.897. The third kappa shape index (κ3) is 3.48. The van der Waals surface area contributed by atoms with E-state index >= 15 is 0 Å². The molecule has 0 aliphatic carbocycles. The van der Waals surface area contributed by atoms with E-state index in [2.05, 4.69) is 36.7 Å². The number of para-hydroxylation sites is 1. The van der Waals surface area contributed by atoms with Crippen LogP contribution in [0.4, 0.5) is 10.1 Å². The van der Waals surface area contributed by atoms with Crippen molar-refractivity contribution in [2.45, 2.75) is 13.0 Å². The van der Waals surface area contributed by atoms with Crippen LogP contribution in [-0.4, -0.2) is 26.1 Å². The minimum Gasteiger partial charge on any atom is -0.322 e. The van der Waals surface area contributed by atoms with Gasteiger partial charge in [-0.2, -0.15) is 4.80 Å². The first-order valence-corrected chi connectivity index (χ1v) is 7.95. The lowest BCUT2D eigenvalue weighted by Crippen LogP contribution is -2.25. The Morgan fingerprint density at radius 3 is 2.62 bits per heavy atom. The highest BCUT2D eigenvalue weighted by Gasteiger charge is 2.19. The number of carbonyl (C=O) groups excluding carboxylic acids is 1. The molecule has 1 amide bonds. The Balaban J connectivity index is 1.75. The second-order valence-electron chi connectivity index (χ2n) is 5.09. The molecule has 0 aliphatic rings. The molecule has 1 atom stereocenters. The number of nitrogens with one attached hydrogen (secondary N) is 1. The molecule has 0 unspecified atom stereocenters. The van der Waals surface area contributed by atoms with Gasteiger partial charge in [-0.05, 0) is 48.5 Å². The molecule has 0 saturated carbocycles. The molecular weight excluding hydrogens is 377 g/mol. The van der Waals surface area contributed by atoms with Crippen molar-refractivity contribution in [2.24, 2.45) is 0 Å². The number of carbonyl (C=O) groups is 1. The number of tetrazole rings is 1. The lowest BCUT2D eigenvalue weighted by atomic mass is 10.2. The van der Waals surface area contributed by atoms with E-state index in [4.69, 9.17) is 0 Å². The van der Waals surface area contributed by atoms with Gasteiger partial charge in [0.2, 0.25) is 5.82 Å². The Kier molecular flexibility index (Phi) is 4.66. The molecule has 6 nitrogen and oxygen atoms in total. The molecule has 0 radical (unpaired) electrons. The monoisotopic (exact) mass is 389 g/mol. The van der Waals surface area contributed by atoms with Gasteiger partial charge in [0.1, 0.15) is 11.9 Å². The zero-order valence-electron chi connectivity index (χ0n) is 12.6. The number of halogens is 2. The van der Waals surface area contributed by atoms with Gasteiger partial charge in [0.05, 0.1) is 5.69 Å². The number of aromatic nitrogens is 4. The summed E-state index contributed by atoms with van der Waals surface area (Å²) in [5.74, 6) is -0.520. The van der Waals surface area contributed by atoms with E-state index < -0.39 is 17.8 Å². The molecule has 1 N–H and O–H groups in total. The number of hydrogen-bond acceptors (Lipinski definition) is 4. The minimum absolute atomic E-state index is 0.114. The van der Waals surface area contributed by atoms with Gasteiger partial charge in [0, 0.05) is 10.0 Å². The lowest BCUT2D eigenvalue weighted by molar-refractivity contribution is -0.119. The predicted octanol–water partition coefficient (Wildman–Crippen LogP) is 3.44. The van der Waals surface area contributed by atoms with Gasteiger partial charge in [-0.3, -0.25) is 4.79 Å². The van der Waals surface area contributed by atoms with Crippen LogP contribution in [0.2, 0.25) is 0 Å². The summed E-state index contributed by atoms with van der Waals surface area (Å²) in [6.07, 6.45) is 0. The van der Waals surface area contributed by atoms with Crippen molar-refractivity contribution in [2.75, 3.05) is 5.32 Å². The molecule has 2 aromatic carbocycles. The van der Waals surface area contributed by atoms with Gasteiger partial charge in [-0.15, -0.1) is 10.2 Å². The van der Waals surface area contributed by atoms with Crippen molar-refractivity contribution in [3.8, 4) is 11.4 Å². The van der Waals surface area contributed by atoms with Crippen LogP contribution >= 0.6 is 15.9 Å². The van der Waals surface area contributed by atoms with Crippen LogP contribution < -0.4 is 5.32 Å². The number of nitrogens with zero attached hydrogens (tertiary/aromatic N) is 4. The molecule has 0 bridgehead atoms. The van der Waals surface area contributed by atoms with Crippen LogP contribution in [-0.2, 0) is 4.79 Å². The maximum absolute atomic E-state index is 13.6. The molecule has 122 valence electrons. The SMILES string of the molecule is C[C@H](C(=O)Nc1ccccc1F)n1nnc(-c2ccc(Br)cc2)n1. The fourth-order valence-corrected chi connectivity index (χ4v) is 2.27. The van der Waals surface area contributed by atoms with Crippen LogP contribution in [0.3, 0.4) is 0 Å². The minimum atomic E-state index is -0.735. The van der Waals surface area contributed by atoms with E-state index in [1.807, 2.05) is 24.3 Å². The Bertz CT molecular complexity index is 865. The van der Waals surface area contributed by atoms with Crippen LogP contribution in [0.25, 0.3) is 11.4 Å². The van der Waals surface area contributed by atoms with Crippen molar-refractivity contribution >= 4 is 27.5 Å². The van der Waals surface area contributed by atoms with Crippen molar-refractivity contribution in [3.05, 3.63) is 58.8 Å². The molecule has 3 rings (SSSR count). The quantitative estimate of drug-likeness (QED) is 0.741. The number of rotatable bonds is 4. The zero-order valence-corrected chi connectivity index (χ0v) is 14.2. The van der Waals surface area contributed by atoms with Crippen molar-refractivity contribution in [3.63, 3.8) is 0 Å². The molecular formula is C16H13BrFN5O. The maximum Gasteiger partial charge on any atom is 0.250 e. The van der Waals surface area contributed by atoms with Crippen LogP contribution in [0.15, 0.2) is 53.0 Å². The Morgan fingerprint density at radius 1 is 1.21 bits per heavy atom. The van der Waals surface area contributed by atoms with Crippen molar-refractivity contribution < 1.29 is 9.18 Å². The summed E-state index contributed by atoms with van der Waals surface area (Å²) in [6, 6.07) is 12.6. The van der Waals surface area contributed by atoms with E-state index in [1.54, 1.807) is 19.1 Å². The molecule has 1 heterocycles. The lowest BCUT2D eigenvalue weighted by Gasteiger charge is -2.11. The molecule has 1 aromatic heterocycles. The number of hydrogen-bond donors (Lipinski definition) is 1. The highest BCUT2D eigenvalue weighted by atomic mass is 79.9. The van der Waals surface area contributed by atoms with Gasteiger partial charge < -0.3 is 5.32 Å². The summed E-state index contributed by atoms with van der Waals surface area (Å²) in [6.45, 7) is 1.61. The smallest absolute Gasteiger partial charge is 0.250 e. The highest BCUT2D eigenvalue weighted by molar-refractivity contribution is 9.10. The first-order valence-electron chi connectivity index (χ1n) is 7.15. The molecule has 8 heteroatoms.